The number of aromatic nitrogens is 1. The molecular formula is C9H5F3N4O. The van der Waals surface area contributed by atoms with E-state index in [1.165, 1.54) is 6.07 Å². The summed E-state index contributed by atoms with van der Waals surface area (Å²) in [6.07, 6.45) is -5.14. The van der Waals surface area contributed by atoms with Crippen LogP contribution >= 0.6 is 0 Å². The molecule has 0 fully saturated rings. The Morgan fingerprint density at radius 2 is 2.06 bits per heavy atom. The molecule has 0 radical (unpaired) electrons. The molecule has 0 saturated heterocycles. The van der Waals surface area contributed by atoms with Gasteiger partial charge in [-0.15, -0.1) is 13.2 Å². The predicted molar refractivity (Wildman–Crippen MR) is 49.4 cm³/mol. The number of anilines is 1. The second kappa shape index (κ2) is 4.58. The second-order valence-electron chi connectivity index (χ2n) is 2.87. The minimum atomic E-state index is -4.93. The summed E-state index contributed by atoms with van der Waals surface area (Å²) in [4.78, 5) is 3.53. The number of alkyl halides is 3. The molecular weight excluding hydrogens is 237 g/mol. The first-order valence-corrected chi connectivity index (χ1v) is 4.19. The van der Waals surface area contributed by atoms with Gasteiger partial charge in [-0.1, -0.05) is 0 Å². The summed E-state index contributed by atoms with van der Waals surface area (Å²) >= 11 is 0. The number of hydrogen-bond donors (Lipinski definition) is 1. The van der Waals surface area contributed by atoms with Gasteiger partial charge in [0.2, 0.25) is 0 Å². The zero-order valence-corrected chi connectivity index (χ0v) is 8.25. The van der Waals surface area contributed by atoms with E-state index in [-0.39, 0.29) is 17.8 Å². The van der Waals surface area contributed by atoms with Crippen molar-refractivity contribution in [1.29, 1.82) is 10.5 Å². The summed E-state index contributed by atoms with van der Waals surface area (Å²) in [6, 6.07) is 4.00. The molecule has 8 heteroatoms. The lowest BCUT2D eigenvalue weighted by molar-refractivity contribution is -0.274. The van der Waals surface area contributed by atoms with Crippen molar-refractivity contribution in [3.63, 3.8) is 0 Å². The van der Waals surface area contributed by atoms with E-state index in [0.29, 0.717) is 0 Å². The van der Waals surface area contributed by atoms with Gasteiger partial charge in [-0.05, 0) is 0 Å². The quantitative estimate of drug-likeness (QED) is 0.847. The van der Waals surface area contributed by atoms with E-state index in [4.69, 9.17) is 16.3 Å². The monoisotopic (exact) mass is 242 g/mol. The third-order valence-electron chi connectivity index (χ3n) is 1.68. The highest BCUT2D eigenvalue weighted by molar-refractivity contribution is 5.53. The van der Waals surface area contributed by atoms with Crippen molar-refractivity contribution in [3.05, 3.63) is 17.5 Å². The number of hydrogen-bond acceptors (Lipinski definition) is 5. The summed E-state index contributed by atoms with van der Waals surface area (Å²) in [5.74, 6) is -0.779. The maximum atomic E-state index is 12.0. The van der Waals surface area contributed by atoms with Crippen molar-refractivity contribution < 1.29 is 17.9 Å². The van der Waals surface area contributed by atoms with E-state index < -0.39 is 17.8 Å². The van der Waals surface area contributed by atoms with Gasteiger partial charge in [-0.2, -0.15) is 10.5 Å². The van der Waals surface area contributed by atoms with Gasteiger partial charge < -0.3 is 10.5 Å². The molecule has 0 aliphatic heterocycles. The summed E-state index contributed by atoms with van der Waals surface area (Å²) < 4.78 is 39.5. The van der Waals surface area contributed by atoms with Crippen LogP contribution < -0.4 is 10.5 Å². The fourth-order valence-corrected chi connectivity index (χ4v) is 1.05. The van der Waals surface area contributed by atoms with Gasteiger partial charge >= 0.3 is 6.36 Å². The van der Waals surface area contributed by atoms with Crippen molar-refractivity contribution >= 4 is 5.69 Å². The lowest BCUT2D eigenvalue weighted by Crippen LogP contribution is -2.18. The summed E-state index contributed by atoms with van der Waals surface area (Å²) in [5, 5.41) is 17.0. The molecule has 1 aromatic heterocycles. The normalized spacial score (nSPS) is 10.4. The zero-order chi connectivity index (χ0) is 13.1. The maximum Gasteiger partial charge on any atom is 0.573 e. The van der Waals surface area contributed by atoms with Crippen LogP contribution in [0.4, 0.5) is 18.9 Å². The largest absolute Gasteiger partial charge is 0.573 e. The smallest absolute Gasteiger partial charge is 0.403 e. The van der Waals surface area contributed by atoms with Crippen LogP contribution in [0.1, 0.15) is 11.4 Å². The van der Waals surface area contributed by atoms with Crippen LogP contribution in [0.25, 0.3) is 0 Å². The van der Waals surface area contributed by atoms with Crippen molar-refractivity contribution in [2.24, 2.45) is 0 Å². The Kier molecular flexibility index (Phi) is 3.39. The van der Waals surface area contributed by atoms with E-state index in [1.807, 2.05) is 0 Å². The zero-order valence-electron chi connectivity index (χ0n) is 8.25. The number of nitrogens with zero attached hydrogens (tertiary/aromatic N) is 3. The lowest BCUT2D eigenvalue weighted by Gasteiger charge is -2.11. The Labute approximate surface area is 93.8 Å². The van der Waals surface area contributed by atoms with Crippen molar-refractivity contribution in [3.8, 4) is 17.9 Å². The minimum absolute atomic E-state index is 0.0403. The SMILES string of the molecule is N#CCc1nc(C#N)c(OC(F)(F)F)cc1N. The van der Waals surface area contributed by atoms with Crippen molar-refractivity contribution in [1.82, 2.24) is 4.98 Å². The number of nitrogen functional groups attached to an aromatic ring is 1. The average Bonchev–Trinajstić information content (AvgIpc) is 2.20. The molecule has 0 bridgehead atoms. The standard InChI is InChI=1S/C9H5F3N4O/c10-9(11,12)17-8-3-5(15)6(1-2-13)16-7(8)4-14/h3H,1,15H2. The van der Waals surface area contributed by atoms with E-state index in [1.54, 1.807) is 6.07 Å². The lowest BCUT2D eigenvalue weighted by atomic mass is 10.2. The first-order valence-electron chi connectivity index (χ1n) is 4.19. The topological polar surface area (TPSA) is 95.7 Å². The Hall–Kier alpha value is -2.48. The van der Waals surface area contributed by atoms with Crippen LogP contribution in [0.5, 0.6) is 5.75 Å². The molecule has 1 rings (SSSR count). The molecule has 0 spiro atoms. The summed E-state index contributed by atoms with van der Waals surface area (Å²) in [7, 11) is 0. The second-order valence-corrected chi connectivity index (χ2v) is 2.87. The summed E-state index contributed by atoms with van der Waals surface area (Å²) in [6.45, 7) is 0. The molecule has 0 unspecified atom stereocenters. The first-order chi connectivity index (χ1) is 7.87. The Morgan fingerprint density at radius 1 is 1.41 bits per heavy atom. The Morgan fingerprint density at radius 3 is 2.53 bits per heavy atom. The molecule has 0 aliphatic carbocycles. The van der Waals surface area contributed by atoms with E-state index in [0.717, 1.165) is 6.07 Å². The van der Waals surface area contributed by atoms with Gasteiger partial charge in [0.15, 0.2) is 11.4 Å². The summed E-state index contributed by atoms with van der Waals surface area (Å²) in [5.41, 5.74) is 4.72. The average molecular weight is 242 g/mol. The fraction of sp³-hybridized carbons (Fsp3) is 0.222. The number of nitrogens with two attached hydrogens (primary N) is 1. The van der Waals surface area contributed by atoms with E-state index >= 15 is 0 Å². The number of ether oxygens (including phenoxy) is 1. The molecule has 0 aliphatic rings. The van der Waals surface area contributed by atoms with Crippen molar-refractivity contribution in [2.75, 3.05) is 5.73 Å². The van der Waals surface area contributed by atoms with Crippen LogP contribution in [0, 0.1) is 22.7 Å². The van der Waals surface area contributed by atoms with Gasteiger partial charge in [0.25, 0.3) is 0 Å². The molecule has 0 saturated carbocycles. The van der Waals surface area contributed by atoms with Gasteiger partial charge in [-0.25, -0.2) is 4.98 Å². The van der Waals surface area contributed by atoms with Gasteiger partial charge in [0.1, 0.15) is 6.07 Å². The molecule has 2 N–H and O–H groups in total. The van der Waals surface area contributed by atoms with Crippen LogP contribution in [-0.4, -0.2) is 11.3 Å². The first kappa shape index (κ1) is 12.6. The van der Waals surface area contributed by atoms with Gasteiger partial charge in [0.05, 0.1) is 23.9 Å². The molecule has 17 heavy (non-hydrogen) atoms. The highest BCUT2D eigenvalue weighted by Crippen LogP contribution is 2.28. The number of nitriles is 2. The maximum absolute atomic E-state index is 12.0. The van der Waals surface area contributed by atoms with Gasteiger partial charge in [0, 0.05) is 6.07 Å². The third-order valence-corrected chi connectivity index (χ3v) is 1.68. The van der Waals surface area contributed by atoms with Crippen molar-refractivity contribution in [2.45, 2.75) is 12.8 Å². The molecule has 1 aromatic rings. The van der Waals surface area contributed by atoms with Crippen LogP contribution in [0.3, 0.4) is 0 Å². The number of pyridine rings is 1. The highest BCUT2D eigenvalue weighted by atomic mass is 19.4. The van der Waals surface area contributed by atoms with Crippen LogP contribution in [0.15, 0.2) is 6.07 Å². The molecule has 0 aromatic carbocycles. The van der Waals surface area contributed by atoms with E-state index in [2.05, 4.69) is 9.72 Å². The van der Waals surface area contributed by atoms with E-state index in [9.17, 15) is 13.2 Å². The molecule has 0 amide bonds. The Balaban J connectivity index is 3.21. The van der Waals surface area contributed by atoms with Gasteiger partial charge in [-0.3, -0.25) is 0 Å². The Bertz CT molecular complexity index is 513. The molecule has 1 heterocycles. The van der Waals surface area contributed by atoms with Crippen LogP contribution in [-0.2, 0) is 6.42 Å². The van der Waals surface area contributed by atoms with Crippen LogP contribution in [0.2, 0.25) is 0 Å². The molecule has 88 valence electrons. The fourth-order valence-electron chi connectivity index (χ4n) is 1.05. The number of rotatable bonds is 2. The highest BCUT2D eigenvalue weighted by Gasteiger charge is 2.33. The minimum Gasteiger partial charge on any atom is -0.403 e. The third kappa shape index (κ3) is 3.24. The number of halogens is 3. The molecule has 0 atom stereocenters. The molecule has 5 nitrogen and oxygen atoms in total. The predicted octanol–water partition coefficient (Wildman–Crippen LogP) is 1.50.